The predicted molar refractivity (Wildman–Crippen MR) is 55.9 cm³/mol. The molecule has 0 spiro atoms. The third-order valence-electron chi connectivity index (χ3n) is 1.80. The van der Waals surface area contributed by atoms with Crippen LogP contribution in [0.4, 0.5) is 0 Å². The van der Waals surface area contributed by atoms with Crippen LogP contribution in [0.15, 0.2) is 24.3 Å². The second-order valence-electron chi connectivity index (χ2n) is 3.69. The lowest BCUT2D eigenvalue weighted by molar-refractivity contribution is 0.242. The first-order valence-corrected chi connectivity index (χ1v) is 4.67. The summed E-state index contributed by atoms with van der Waals surface area (Å²) in [7, 11) is 0. The Balaban J connectivity index is 2.70. The molecule has 1 rings (SSSR count). The SMILES string of the molecule is C[C](C)c1ccc(OC(C)C)cc1. The van der Waals surface area contributed by atoms with Gasteiger partial charge in [-0.3, -0.25) is 0 Å². The van der Waals surface area contributed by atoms with Crippen LogP contribution in [0.1, 0.15) is 33.3 Å². The van der Waals surface area contributed by atoms with Gasteiger partial charge in [-0.2, -0.15) is 0 Å². The van der Waals surface area contributed by atoms with E-state index in [0.717, 1.165) is 5.75 Å². The molecule has 0 N–H and O–H groups in total. The van der Waals surface area contributed by atoms with Crippen molar-refractivity contribution in [2.75, 3.05) is 0 Å². The molecule has 13 heavy (non-hydrogen) atoms. The van der Waals surface area contributed by atoms with Gasteiger partial charge in [0.1, 0.15) is 5.75 Å². The van der Waals surface area contributed by atoms with Crippen molar-refractivity contribution in [3.63, 3.8) is 0 Å². The molecule has 1 heteroatoms. The number of hydrogen-bond acceptors (Lipinski definition) is 1. The van der Waals surface area contributed by atoms with E-state index in [2.05, 4.69) is 26.0 Å². The van der Waals surface area contributed by atoms with E-state index < -0.39 is 0 Å². The largest absolute Gasteiger partial charge is 0.491 e. The summed E-state index contributed by atoms with van der Waals surface area (Å²) in [5, 5.41) is 0. The first kappa shape index (κ1) is 10.1. The van der Waals surface area contributed by atoms with Crippen molar-refractivity contribution in [2.45, 2.75) is 33.8 Å². The molecule has 0 unspecified atom stereocenters. The van der Waals surface area contributed by atoms with Crippen molar-refractivity contribution in [3.8, 4) is 5.75 Å². The Bertz CT molecular complexity index is 246. The van der Waals surface area contributed by atoms with Crippen LogP contribution >= 0.6 is 0 Å². The lowest BCUT2D eigenvalue weighted by Crippen LogP contribution is -2.05. The first-order chi connectivity index (χ1) is 6.09. The zero-order valence-electron chi connectivity index (χ0n) is 8.79. The summed E-state index contributed by atoms with van der Waals surface area (Å²) in [6.45, 7) is 8.28. The molecule has 0 saturated heterocycles. The minimum Gasteiger partial charge on any atom is -0.491 e. The fourth-order valence-corrected chi connectivity index (χ4v) is 1.14. The third kappa shape index (κ3) is 3.10. The van der Waals surface area contributed by atoms with E-state index in [1.54, 1.807) is 0 Å². The molecular formula is C12H17O. The second-order valence-corrected chi connectivity index (χ2v) is 3.69. The van der Waals surface area contributed by atoms with Gasteiger partial charge in [-0.05, 0) is 37.5 Å². The topological polar surface area (TPSA) is 9.23 Å². The van der Waals surface area contributed by atoms with E-state index in [4.69, 9.17) is 4.74 Å². The molecule has 0 aliphatic heterocycles. The van der Waals surface area contributed by atoms with Crippen LogP contribution in [0.25, 0.3) is 0 Å². The molecule has 1 aromatic carbocycles. The van der Waals surface area contributed by atoms with Crippen molar-refractivity contribution in [1.29, 1.82) is 0 Å². The van der Waals surface area contributed by atoms with Crippen LogP contribution in [-0.2, 0) is 0 Å². The lowest BCUT2D eigenvalue weighted by Gasteiger charge is -2.10. The molecule has 1 radical (unpaired) electrons. The molecule has 0 heterocycles. The van der Waals surface area contributed by atoms with E-state index in [1.165, 1.54) is 11.5 Å². The van der Waals surface area contributed by atoms with Gasteiger partial charge in [0, 0.05) is 0 Å². The fourth-order valence-electron chi connectivity index (χ4n) is 1.14. The minimum absolute atomic E-state index is 0.248. The van der Waals surface area contributed by atoms with Crippen LogP contribution in [-0.4, -0.2) is 6.10 Å². The van der Waals surface area contributed by atoms with Crippen molar-refractivity contribution in [3.05, 3.63) is 35.7 Å². The predicted octanol–water partition coefficient (Wildman–Crippen LogP) is 3.44. The van der Waals surface area contributed by atoms with Crippen LogP contribution < -0.4 is 4.74 Å². The van der Waals surface area contributed by atoms with Crippen LogP contribution in [0, 0.1) is 5.92 Å². The minimum atomic E-state index is 0.248. The van der Waals surface area contributed by atoms with Crippen LogP contribution in [0.5, 0.6) is 5.75 Å². The van der Waals surface area contributed by atoms with Gasteiger partial charge >= 0.3 is 0 Å². The third-order valence-corrected chi connectivity index (χ3v) is 1.80. The molecule has 0 aromatic heterocycles. The highest BCUT2D eigenvalue weighted by Gasteiger charge is 2.00. The Morgan fingerprint density at radius 3 is 2.00 bits per heavy atom. The van der Waals surface area contributed by atoms with Crippen molar-refractivity contribution in [1.82, 2.24) is 0 Å². The summed E-state index contributed by atoms with van der Waals surface area (Å²) in [6.07, 6.45) is 0.248. The number of benzene rings is 1. The average molecular weight is 177 g/mol. The normalized spacial score (nSPS) is 10.9. The summed E-state index contributed by atoms with van der Waals surface area (Å²) >= 11 is 0. The Labute approximate surface area is 80.7 Å². The zero-order valence-corrected chi connectivity index (χ0v) is 8.79. The van der Waals surface area contributed by atoms with Gasteiger partial charge in [-0.25, -0.2) is 0 Å². The van der Waals surface area contributed by atoms with Crippen molar-refractivity contribution < 1.29 is 4.74 Å². The lowest BCUT2D eigenvalue weighted by atomic mass is 10.0. The number of hydrogen-bond donors (Lipinski definition) is 0. The summed E-state index contributed by atoms with van der Waals surface area (Å²) in [5.74, 6) is 2.27. The summed E-state index contributed by atoms with van der Waals surface area (Å²) in [5.41, 5.74) is 1.27. The Kier molecular flexibility index (Phi) is 3.35. The van der Waals surface area contributed by atoms with Crippen LogP contribution in [0.2, 0.25) is 0 Å². The molecule has 0 aliphatic rings. The van der Waals surface area contributed by atoms with Gasteiger partial charge < -0.3 is 4.74 Å². The van der Waals surface area contributed by atoms with E-state index in [9.17, 15) is 0 Å². The van der Waals surface area contributed by atoms with Gasteiger partial charge in [0.15, 0.2) is 0 Å². The molecular weight excluding hydrogens is 160 g/mol. The van der Waals surface area contributed by atoms with Crippen LogP contribution in [0.3, 0.4) is 0 Å². The smallest absolute Gasteiger partial charge is 0.119 e. The Morgan fingerprint density at radius 2 is 1.62 bits per heavy atom. The highest BCUT2D eigenvalue weighted by atomic mass is 16.5. The van der Waals surface area contributed by atoms with E-state index >= 15 is 0 Å². The summed E-state index contributed by atoms with van der Waals surface area (Å²) in [4.78, 5) is 0. The molecule has 71 valence electrons. The molecule has 1 aromatic rings. The molecule has 0 atom stereocenters. The number of ether oxygens (including phenoxy) is 1. The highest BCUT2D eigenvalue weighted by Crippen LogP contribution is 2.18. The zero-order chi connectivity index (χ0) is 9.84. The Hall–Kier alpha value is -0.980. The van der Waals surface area contributed by atoms with E-state index in [0.29, 0.717) is 0 Å². The second kappa shape index (κ2) is 4.31. The molecule has 0 fully saturated rings. The van der Waals surface area contributed by atoms with E-state index in [-0.39, 0.29) is 6.10 Å². The molecule has 1 nitrogen and oxygen atoms in total. The maximum atomic E-state index is 5.54. The summed E-state index contributed by atoms with van der Waals surface area (Å²) in [6, 6.07) is 8.21. The molecule has 0 amide bonds. The number of rotatable bonds is 3. The summed E-state index contributed by atoms with van der Waals surface area (Å²) < 4.78 is 5.54. The van der Waals surface area contributed by atoms with E-state index in [1.807, 2.05) is 26.0 Å². The molecule has 0 aliphatic carbocycles. The highest BCUT2D eigenvalue weighted by molar-refractivity contribution is 5.34. The molecule has 0 bridgehead atoms. The van der Waals surface area contributed by atoms with Gasteiger partial charge in [0.2, 0.25) is 0 Å². The van der Waals surface area contributed by atoms with Gasteiger partial charge in [-0.1, -0.05) is 26.0 Å². The monoisotopic (exact) mass is 177 g/mol. The molecule has 0 saturated carbocycles. The maximum absolute atomic E-state index is 5.54. The first-order valence-electron chi connectivity index (χ1n) is 4.67. The van der Waals surface area contributed by atoms with Gasteiger partial charge in [0.05, 0.1) is 6.10 Å². The maximum Gasteiger partial charge on any atom is 0.119 e. The van der Waals surface area contributed by atoms with Gasteiger partial charge in [0.25, 0.3) is 0 Å². The standard InChI is InChI=1S/C12H17O/c1-9(2)11-5-7-12(8-6-11)13-10(3)4/h5-8,10H,1-4H3. The van der Waals surface area contributed by atoms with Gasteiger partial charge in [-0.15, -0.1) is 0 Å². The Morgan fingerprint density at radius 1 is 1.08 bits per heavy atom. The van der Waals surface area contributed by atoms with Crippen molar-refractivity contribution in [2.24, 2.45) is 0 Å². The quantitative estimate of drug-likeness (QED) is 0.687. The van der Waals surface area contributed by atoms with Crippen molar-refractivity contribution >= 4 is 0 Å². The fraction of sp³-hybridized carbons (Fsp3) is 0.417. The average Bonchev–Trinajstić information content (AvgIpc) is 2.04.